The standard InChI is InChI=1S/C22H26F3NO2/c23-22(24,25)19(27)8-11-21-9-1-2-18(21)17-6-3-13-12-14(20(26)28)4-5-15(13)16(17)7-10-21/h1,4-5,9,12,16-19,27H,2-3,6-8,10-11H2,(H2,26,28)/t16-,17-,18+,19?,21+/m1/s1. The minimum atomic E-state index is -4.55. The van der Waals surface area contributed by atoms with Gasteiger partial charge >= 0.3 is 6.18 Å². The van der Waals surface area contributed by atoms with E-state index in [1.54, 1.807) is 6.07 Å². The lowest BCUT2D eigenvalue weighted by Crippen LogP contribution is -2.42. The highest BCUT2D eigenvalue weighted by Crippen LogP contribution is 2.60. The van der Waals surface area contributed by atoms with Gasteiger partial charge in [-0.25, -0.2) is 0 Å². The van der Waals surface area contributed by atoms with E-state index < -0.39 is 18.2 Å². The van der Waals surface area contributed by atoms with Crippen LogP contribution in [-0.2, 0) is 6.42 Å². The van der Waals surface area contributed by atoms with E-state index in [4.69, 9.17) is 5.73 Å². The molecule has 6 heteroatoms. The van der Waals surface area contributed by atoms with E-state index in [1.165, 1.54) is 11.1 Å². The van der Waals surface area contributed by atoms with Crippen LogP contribution in [0.25, 0.3) is 0 Å². The van der Waals surface area contributed by atoms with Gasteiger partial charge in [0.1, 0.15) is 6.10 Å². The molecule has 3 aliphatic carbocycles. The molecule has 0 saturated heterocycles. The van der Waals surface area contributed by atoms with E-state index in [-0.39, 0.29) is 11.8 Å². The lowest BCUT2D eigenvalue weighted by atomic mass is 9.54. The van der Waals surface area contributed by atoms with Crippen LogP contribution in [0.5, 0.6) is 0 Å². The second-order valence-corrected chi connectivity index (χ2v) is 8.70. The van der Waals surface area contributed by atoms with Crippen molar-refractivity contribution in [3.05, 3.63) is 47.0 Å². The van der Waals surface area contributed by atoms with Gasteiger partial charge in [-0.1, -0.05) is 18.2 Å². The van der Waals surface area contributed by atoms with Gasteiger partial charge in [-0.15, -0.1) is 0 Å². The smallest absolute Gasteiger partial charge is 0.384 e. The molecule has 152 valence electrons. The highest BCUT2D eigenvalue weighted by molar-refractivity contribution is 5.93. The highest BCUT2D eigenvalue weighted by Gasteiger charge is 2.51. The number of benzene rings is 1. The summed E-state index contributed by atoms with van der Waals surface area (Å²) in [6, 6.07) is 5.72. The molecule has 5 atom stereocenters. The number of primary amides is 1. The Hall–Kier alpha value is -1.82. The van der Waals surface area contributed by atoms with Crippen molar-refractivity contribution >= 4 is 5.91 Å². The third-order valence-electron chi connectivity index (χ3n) is 7.37. The SMILES string of the molecule is NC(=O)c1ccc2c(c1)CC[C@@H]1[C@@H]2CC[C@]2(CCC(O)C(F)(F)F)C=CC[C@@H]12. The summed E-state index contributed by atoms with van der Waals surface area (Å²) in [5.74, 6) is 0.724. The van der Waals surface area contributed by atoms with Crippen LogP contribution in [0.1, 0.15) is 65.9 Å². The van der Waals surface area contributed by atoms with E-state index >= 15 is 0 Å². The molecule has 0 spiro atoms. The van der Waals surface area contributed by atoms with Crippen LogP contribution in [0, 0.1) is 17.3 Å². The Labute approximate surface area is 162 Å². The van der Waals surface area contributed by atoms with Crippen molar-refractivity contribution in [2.24, 2.45) is 23.0 Å². The molecule has 3 aliphatic rings. The first-order chi connectivity index (χ1) is 13.2. The summed E-state index contributed by atoms with van der Waals surface area (Å²) in [5, 5.41) is 9.48. The highest BCUT2D eigenvalue weighted by atomic mass is 19.4. The van der Waals surface area contributed by atoms with Crippen LogP contribution in [0.2, 0.25) is 0 Å². The number of allylic oxidation sites excluding steroid dienone is 2. The monoisotopic (exact) mass is 393 g/mol. The van der Waals surface area contributed by atoms with Gasteiger partial charge in [-0.05, 0) is 91.4 Å². The summed E-state index contributed by atoms with van der Waals surface area (Å²) in [6.07, 6.45) is 2.13. The molecule has 0 aromatic heterocycles. The Morgan fingerprint density at radius 2 is 2.11 bits per heavy atom. The van der Waals surface area contributed by atoms with Crippen LogP contribution in [0.3, 0.4) is 0 Å². The number of hydrogen-bond acceptors (Lipinski definition) is 2. The average Bonchev–Trinajstić information content (AvgIpc) is 3.09. The Bertz CT molecular complexity index is 803. The number of alkyl halides is 3. The van der Waals surface area contributed by atoms with Crippen LogP contribution >= 0.6 is 0 Å². The lowest BCUT2D eigenvalue weighted by molar-refractivity contribution is -0.207. The molecular formula is C22H26F3NO2. The van der Waals surface area contributed by atoms with Crippen LogP contribution in [0.4, 0.5) is 13.2 Å². The number of carbonyl (C=O) groups excluding carboxylic acids is 1. The summed E-state index contributed by atoms with van der Waals surface area (Å²) in [4.78, 5) is 11.5. The zero-order valence-electron chi connectivity index (χ0n) is 15.7. The first-order valence-electron chi connectivity index (χ1n) is 10.1. The maximum absolute atomic E-state index is 12.8. The number of amides is 1. The summed E-state index contributed by atoms with van der Waals surface area (Å²) in [7, 11) is 0. The molecule has 3 N–H and O–H groups in total. The fourth-order valence-corrected chi connectivity index (χ4v) is 6.01. The van der Waals surface area contributed by atoms with Crippen molar-refractivity contribution in [3.8, 4) is 0 Å². The molecule has 0 bridgehead atoms. The molecule has 0 radical (unpaired) electrons. The van der Waals surface area contributed by atoms with Gasteiger partial charge in [0, 0.05) is 5.56 Å². The van der Waals surface area contributed by atoms with Gasteiger partial charge in [0.05, 0.1) is 0 Å². The minimum Gasteiger partial charge on any atom is -0.384 e. The minimum absolute atomic E-state index is 0.224. The molecule has 1 aromatic carbocycles. The van der Waals surface area contributed by atoms with Crippen molar-refractivity contribution < 1.29 is 23.1 Å². The molecule has 0 aliphatic heterocycles. The van der Waals surface area contributed by atoms with Crippen LogP contribution in [-0.4, -0.2) is 23.3 Å². The topological polar surface area (TPSA) is 63.3 Å². The number of hydrogen-bond donors (Lipinski definition) is 2. The predicted octanol–water partition coefficient (Wildman–Crippen LogP) is 4.49. The predicted molar refractivity (Wildman–Crippen MR) is 99.7 cm³/mol. The molecule has 0 heterocycles. The first kappa shape index (κ1) is 19.5. The number of nitrogens with two attached hydrogens (primary N) is 1. The van der Waals surface area contributed by atoms with Gasteiger partial charge in [0.15, 0.2) is 0 Å². The summed E-state index contributed by atoms with van der Waals surface area (Å²) in [5.41, 5.74) is 8.17. The molecular weight excluding hydrogens is 367 g/mol. The maximum Gasteiger partial charge on any atom is 0.414 e. The Morgan fingerprint density at radius 1 is 1.32 bits per heavy atom. The second-order valence-electron chi connectivity index (χ2n) is 8.70. The quantitative estimate of drug-likeness (QED) is 0.741. The maximum atomic E-state index is 12.8. The Morgan fingerprint density at radius 3 is 2.82 bits per heavy atom. The first-order valence-corrected chi connectivity index (χ1v) is 10.1. The van der Waals surface area contributed by atoms with Crippen molar-refractivity contribution in [1.29, 1.82) is 0 Å². The second kappa shape index (κ2) is 6.90. The molecule has 1 aromatic rings. The van der Waals surface area contributed by atoms with Gasteiger partial charge in [0.2, 0.25) is 5.91 Å². The third kappa shape index (κ3) is 3.25. The van der Waals surface area contributed by atoms with Gasteiger partial charge in [0.25, 0.3) is 0 Å². The van der Waals surface area contributed by atoms with E-state index in [1.807, 2.05) is 12.1 Å². The molecule has 4 rings (SSSR count). The molecule has 1 unspecified atom stereocenters. The fraction of sp³-hybridized carbons (Fsp3) is 0.591. The number of aliphatic hydroxyl groups is 1. The number of halogens is 3. The van der Waals surface area contributed by atoms with Gasteiger partial charge in [-0.2, -0.15) is 13.2 Å². The lowest BCUT2D eigenvalue weighted by Gasteiger charge is -2.50. The molecule has 1 amide bonds. The number of aliphatic hydroxyl groups excluding tert-OH is 1. The number of aryl methyl sites for hydroxylation is 1. The van der Waals surface area contributed by atoms with Crippen molar-refractivity contribution in [2.45, 2.75) is 63.1 Å². The number of rotatable bonds is 4. The molecule has 1 fully saturated rings. The summed E-state index contributed by atoms with van der Waals surface area (Å²) >= 11 is 0. The van der Waals surface area contributed by atoms with Gasteiger partial charge < -0.3 is 10.8 Å². The van der Waals surface area contributed by atoms with E-state index in [2.05, 4.69) is 12.2 Å². The summed E-state index contributed by atoms with van der Waals surface area (Å²) in [6.45, 7) is 0. The number of carbonyl (C=O) groups is 1. The molecule has 28 heavy (non-hydrogen) atoms. The van der Waals surface area contributed by atoms with Gasteiger partial charge in [-0.3, -0.25) is 4.79 Å². The average molecular weight is 393 g/mol. The number of fused-ring (bicyclic) bond motifs is 5. The zero-order chi connectivity index (χ0) is 20.1. The Kier molecular flexibility index (Phi) is 4.81. The zero-order valence-corrected chi connectivity index (χ0v) is 15.7. The van der Waals surface area contributed by atoms with E-state index in [0.717, 1.165) is 32.1 Å². The van der Waals surface area contributed by atoms with E-state index in [0.29, 0.717) is 29.7 Å². The summed E-state index contributed by atoms with van der Waals surface area (Å²) < 4.78 is 38.3. The molecule has 3 nitrogen and oxygen atoms in total. The van der Waals surface area contributed by atoms with E-state index in [9.17, 15) is 23.1 Å². The van der Waals surface area contributed by atoms with Crippen molar-refractivity contribution in [1.82, 2.24) is 0 Å². The van der Waals surface area contributed by atoms with Crippen molar-refractivity contribution in [2.75, 3.05) is 0 Å². The largest absolute Gasteiger partial charge is 0.414 e. The fourth-order valence-electron chi connectivity index (χ4n) is 6.01. The van der Waals surface area contributed by atoms with Crippen LogP contribution < -0.4 is 5.73 Å². The third-order valence-corrected chi connectivity index (χ3v) is 7.37. The normalized spacial score (nSPS) is 32.4. The molecule has 1 saturated carbocycles. The van der Waals surface area contributed by atoms with Crippen molar-refractivity contribution in [3.63, 3.8) is 0 Å². The Balaban J connectivity index is 1.55. The van der Waals surface area contributed by atoms with Crippen LogP contribution in [0.15, 0.2) is 30.4 Å².